The van der Waals surface area contributed by atoms with Gasteiger partial charge in [-0.1, -0.05) is 0 Å². The van der Waals surface area contributed by atoms with E-state index in [1.165, 1.54) is 31.3 Å². The number of H-pyrrole nitrogens is 1. The van der Waals surface area contributed by atoms with Crippen molar-refractivity contribution in [3.8, 4) is 0 Å². The normalized spacial score (nSPS) is 11.6. The number of nitrogens with zero attached hydrogens (tertiary/aromatic N) is 2. The van der Waals surface area contributed by atoms with Gasteiger partial charge in [-0.05, 0) is 31.2 Å². The molecule has 8 heteroatoms. The molecule has 0 amide bonds. The fourth-order valence-corrected chi connectivity index (χ4v) is 3.17. The molecule has 20 heavy (non-hydrogen) atoms. The summed E-state index contributed by atoms with van der Waals surface area (Å²) < 4.78 is 38.9. The Balaban J connectivity index is 2.46. The molecule has 0 fully saturated rings. The fourth-order valence-electron chi connectivity index (χ4n) is 1.80. The maximum Gasteiger partial charge on any atom is 0.283 e. The first-order valence-corrected chi connectivity index (χ1v) is 7.30. The highest BCUT2D eigenvalue weighted by Gasteiger charge is 2.28. The molecular weight excluding hydrogens is 283 g/mol. The van der Waals surface area contributed by atoms with Gasteiger partial charge in [-0.15, -0.1) is 0 Å². The highest BCUT2D eigenvalue weighted by Crippen LogP contribution is 2.24. The van der Waals surface area contributed by atoms with Gasteiger partial charge in [0.2, 0.25) is 5.03 Å². The molecular formula is C12H15FN4O2S. The van der Waals surface area contributed by atoms with Crippen LogP contribution >= 0.6 is 0 Å². The fraction of sp³-hybridized carbons (Fsp3) is 0.250. The predicted molar refractivity (Wildman–Crippen MR) is 73.2 cm³/mol. The molecule has 2 aromatic rings. The molecule has 0 aliphatic heterocycles. The number of aromatic amines is 1. The zero-order valence-corrected chi connectivity index (χ0v) is 11.9. The van der Waals surface area contributed by atoms with Crippen molar-refractivity contribution in [2.24, 2.45) is 5.73 Å². The van der Waals surface area contributed by atoms with Crippen LogP contribution in [-0.2, 0) is 16.6 Å². The summed E-state index contributed by atoms with van der Waals surface area (Å²) in [5.41, 5.74) is 6.95. The second-order valence-corrected chi connectivity index (χ2v) is 6.17. The highest BCUT2D eigenvalue weighted by molar-refractivity contribution is 7.92. The van der Waals surface area contributed by atoms with Crippen LogP contribution in [0.25, 0.3) is 0 Å². The Morgan fingerprint density at radius 3 is 2.50 bits per heavy atom. The lowest BCUT2D eigenvalue weighted by Gasteiger charge is -2.18. The van der Waals surface area contributed by atoms with Crippen molar-refractivity contribution in [3.63, 3.8) is 0 Å². The summed E-state index contributed by atoms with van der Waals surface area (Å²) in [5.74, 6) is -0.433. The Kier molecular flexibility index (Phi) is 3.78. The van der Waals surface area contributed by atoms with Crippen molar-refractivity contribution in [2.75, 3.05) is 11.4 Å². The summed E-state index contributed by atoms with van der Waals surface area (Å²) in [6.07, 6.45) is 0. The average molecular weight is 298 g/mol. The molecule has 108 valence electrons. The van der Waals surface area contributed by atoms with E-state index in [1.807, 2.05) is 0 Å². The third-order valence-electron chi connectivity index (χ3n) is 3.04. The SMILES string of the molecule is Cc1[nH]nc(S(=O)(=O)N(C)c2ccc(F)cc2)c1CN. The lowest BCUT2D eigenvalue weighted by molar-refractivity contribution is 0.588. The largest absolute Gasteiger partial charge is 0.326 e. The van der Waals surface area contributed by atoms with Crippen LogP contribution in [0.2, 0.25) is 0 Å². The standard InChI is InChI=1S/C12H15FN4O2S/c1-8-11(7-14)12(16-15-8)20(18,19)17(2)10-5-3-9(13)4-6-10/h3-6H,7,14H2,1-2H3,(H,15,16). The Bertz CT molecular complexity index is 710. The molecule has 0 radical (unpaired) electrons. The van der Waals surface area contributed by atoms with Crippen LogP contribution in [0.3, 0.4) is 0 Å². The molecule has 0 saturated carbocycles. The number of rotatable bonds is 4. The van der Waals surface area contributed by atoms with Gasteiger partial charge in [-0.25, -0.2) is 4.39 Å². The van der Waals surface area contributed by atoms with Gasteiger partial charge in [0.25, 0.3) is 10.0 Å². The summed E-state index contributed by atoms with van der Waals surface area (Å²) in [6, 6.07) is 5.16. The van der Waals surface area contributed by atoms with Crippen molar-refractivity contribution in [2.45, 2.75) is 18.5 Å². The molecule has 0 bridgehead atoms. The second kappa shape index (κ2) is 5.22. The zero-order chi connectivity index (χ0) is 14.9. The minimum atomic E-state index is -3.84. The van der Waals surface area contributed by atoms with Gasteiger partial charge in [0.1, 0.15) is 5.82 Å². The molecule has 3 N–H and O–H groups in total. The van der Waals surface area contributed by atoms with Crippen LogP contribution in [-0.4, -0.2) is 25.7 Å². The van der Waals surface area contributed by atoms with E-state index >= 15 is 0 Å². The Morgan fingerprint density at radius 1 is 1.35 bits per heavy atom. The number of aryl methyl sites for hydroxylation is 1. The van der Waals surface area contributed by atoms with Crippen LogP contribution < -0.4 is 10.0 Å². The number of benzene rings is 1. The average Bonchev–Trinajstić information content (AvgIpc) is 2.80. The third kappa shape index (κ3) is 2.39. The molecule has 0 atom stereocenters. The molecule has 0 saturated heterocycles. The summed E-state index contributed by atoms with van der Waals surface area (Å²) >= 11 is 0. The first kappa shape index (κ1) is 14.5. The van der Waals surface area contributed by atoms with Gasteiger partial charge in [0.15, 0.2) is 0 Å². The number of anilines is 1. The van der Waals surface area contributed by atoms with E-state index in [9.17, 15) is 12.8 Å². The van der Waals surface area contributed by atoms with Gasteiger partial charge in [-0.3, -0.25) is 9.40 Å². The zero-order valence-electron chi connectivity index (χ0n) is 11.1. The van der Waals surface area contributed by atoms with Gasteiger partial charge >= 0.3 is 0 Å². The van der Waals surface area contributed by atoms with Crippen LogP contribution in [0, 0.1) is 12.7 Å². The Labute approximate surface area is 116 Å². The van der Waals surface area contributed by atoms with Crippen molar-refractivity contribution in [3.05, 3.63) is 41.3 Å². The van der Waals surface area contributed by atoms with Crippen LogP contribution in [0.4, 0.5) is 10.1 Å². The van der Waals surface area contributed by atoms with Crippen LogP contribution in [0.15, 0.2) is 29.3 Å². The first-order chi connectivity index (χ1) is 9.37. The summed E-state index contributed by atoms with van der Waals surface area (Å²) in [5, 5.41) is 6.32. The van der Waals surface area contributed by atoms with E-state index in [4.69, 9.17) is 5.73 Å². The minimum Gasteiger partial charge on any atom is -0.326 e. The Hall–Kier alpha value is -1.93. The minimum absolute atomic E-state index is 0.0636. The third-order valence-corrected chi connectivity index (χ3v) is 4.79. The molecule has 1 heterocycles. The van der Waals surface area contributed by atoms with E-state index in [1.54, 1.807) is 6.92 Å². The van der Waals surface area contributed by atoms with Crippen LogP contribution in [0.5, 0.6) is 0 Å². The first-order valence-electron chi connectivity index (χ1n) is 5.86. The van der Waals surface area contributed by atoms with E-state index in [-0.39, 0.29) is 11.6 Å². The number of hydrogen-bond donors (Lipinski definition) is 2. The van der Waals surface area contributed by atoms with E-state index < -0.39 is 15.8 Å². The van der Waals surface area contributed by atoms with Gasteiger partial charge < -0.3 is 5.73 Å². The number of sulfonamides is 1. The van der Waals surface area contributed by atoms with E-state index in [0.717, 1.165) is 4.31 Å². The number of halogens is 1. The topological polar surface area (TPSA) is 92.1 Å². The molecule has 0 spiro atoms. The smallest absolute Gasteiger partial charge is 0.283 e. The maximum absolute atomic E-state index is 12.9. The summed E-state index contributed by atoms with van der Waals surface area (Å²) in [7, 11) is -2.46. The Morgan fingerprint density at radius 2 is 1.95 bits per heavy atom. The number of nitrogens with one attached hydrogen (secondary N) is 1. The van der Waals surface area contributed by atoms with Crippen molar-refractivity contribution < 1.29 is 12.8 Å². The van der Waals surface area contributed by atoms with Gasteiger partial charge in [0.05, 0.1) is 5.69 Å². The number of nitrogens with two attached hydrogens (primary N) is 1. The number of hydrogen-bond acceptors (Lipinski definition) is 4. The molecule has 6 nitrogen and oxygen atoms in total. The van der Waals surface area contributed by atoms with Crippen molar-refractivity contribution >= 4 is 15.7 Å². The quantitative estimate of drug-likeness (QED) is 0.885. The predicted octanol–water partition coefficient (Wildman–Crippen LogP) is 1.14. The van der Waals surface area contributed by atoms with Crippen molar-refractivity contribution in [1.82, 2.24) is 10.2 Å². The summed E-state index contributed by atoms with van der Waals surface area (Å²) in [6.45, 7) is 1.76. The maximum atomic E-state index is 12.9. The lowest BCUT2D eigenvalue weighted by Crippen LogP contribution is -2.28. The molecule has 2 rings (SSSR count). The molecule has 1 aromatic carbocycles. The second-order valence-electron chi connectivity index (χ2n) is 4.29. The van der Waals surface area contributed by atoms with E-state index in [0.29, 0.717) is 16.9 Å². The molecule has 1 aromatic heterocycles. The number of aromatic nitrogens is 2. The lowest BCUT2D eigenvalue weighted by atomic mass is 10.3. The van der Waals surface area contributed by atoms with Gasteiger partial charge in [-0.2, -0.15) is 13.5 Å². The summed E-state index contributed by atoms with van der Waals surface area (Å²) in [4.78, 5) is 0. The molecule has 0 aliphatic carbocycles. The van der Waals surface area contributed by atoms with Crippen molar-refractivity contribution in [1.29, 1.82) is 0 Å². The van der Waals surface area contributed by atoms with Crippen LogP contribution in [0.1, 0.15) is 11.3 Å². The molecule has 0 unspecified atom stereocenters. The van der Waals surface area contributed by atoms with E-state index in [2.05, 4.69) is 10.2 Å². The molecule has 0 aliphatic rings. The monoisotopic (exact) mass is 298 g/mol. The highest BCUT2D eigenvalue weighted by atomic mass is 32.2. The van der Waals surface area contributed by atoms with Gasteiger partial charge in [0, 0.05) is 24.8 Å².